The van der Waals surface area contributed by atoms with Gasteiger partial charge in [-0.1, -0.05) is 6.08 Å². The maximum atomic E-state index is 11.5. The Hall–Kier alpha value is -1.56. The molecule has 0 spiro atoms. The lowest BCUT2D eigenvalue weighted by molar-refractivity contribution is -0.147. The number of carbonyl (C=O) groups is 2. The SMILES string of the molecule is C=CC[C@@H](NC(=O)OC(C)(C)C)C(=O)OCCO. The van der Waals surface area contributed by atoms with E-state index in [1.807, 2.05) is 0 Å². The summed E-state index contributed by atoms with van der Waals surface area (Å²) in [5, 5.41) is 10.9. The first-order valence-corrected chi connectivity index (χ1v) is 5.68. The van der Waals surface area contributed by atoms with Gasteiger partial charge in [0.2, 0.25) is 0 Å². The summed E-state index contributed by atoms with van der Waals surface area (Å²) in [6.07, 6.45) is 1.02. The molecule has 0 aliphatic carbocycles. The number of rotatable bonds is 6. The highest BCUT2D eigenvalue weighted by Gasteiger charge is 2.24. The molecule has 0 aliphatic rings. The highest BCUT2D eigenvalue weighted by atomic mass is 16.6. The van der Waals surface area contributed by atoms with Crippen LogP contribution in [0.2, 0.25) is 0 Å². The molecule has 0 aliphatic heterocycles. The fourth-order valence-corrected chi connectivity index (χ4v) is 1.08. The largest absolute Gasteiger partial charge is 0.462 e. The number of hydrogen-bond acceptors (Lipinski definition) is 5. The minimum absolute atomic E-state index is 0.109. The van der Waals surface area contributed by atoms with Crippen LogP contribution in [0.25, 0.3) is 0 Å². The Morgan fingerprint density at radius 3 is 2.50 bits per heavy atom. The van der Waals surface area contributed by atoms with Crippen molar-refractivity contribution in [2.45, 2.75) is 38.8 Å². The van der Waals surface area contributed by atoms with Crippen LogP contribution in [-0.4, -0.2) is 42.0 Å². The standard InChI is InChI=1S/C12H21NO5/c1-5-6-9(10(15)17-8-7-14)13-11(16)18-12(2,3)4/h5,9,14H,1,6-8H2,2-4H3,(H,13,16)/t9-/m1/s1. The van der Waals surface area contributed by atoms with Crippen LogP contribution in [-0.2, 0) is 14.3 Å². The second kappa shape index (κ2) is 7.71. The minimum atomic E-state index is -0.858. The van der Waals surface area contributed by atoms with Gasteiger partial charge in [0.1, 0.15) is 18.2 Å². The highest BCUT2D eigenvalue weighted by Crippen LogP contribution is 2.07. The molecule has 0 unspecified atom stereocenters. The third kappa shape index (κ3) is 7.67. The first-order chi connectivity index (χ1) is 8.30. The lowest BCUT2D eigenvalue weighted by Crippen LogP contribution is -2.44. The number of ether oxygens (including phenoxy) is 2. The Balaban J connectivity index is 4.38. The summed E-state index contributed by atoms with van der Waals surface area (Å²) in [4.78, 5) is 23.0. The van der Waals surface area contributed by atoms with Crippen LogP contribution in [0, 0.1) is 0 Å². The van der Waals surface area contributed by atoms with Gasteiger partial charge < -0.3 is 19.9 Å². The minimum Gasteiger partial charge on any atom is -0.462 e. The van der Waals surface area contributed by atoms with Gasteiger partial charge in [-0.2, -0.15) is 0 Å². The second-order valence-corrected chi connectivity index (χ2v) is 4.61. The van der Waals surface area contributed by atoms with E-state index in [0.717, 1.165) is 0 Å². The molecule has 2 N–H and O–H groups in total. The molecule has 0 saturated carbocycles. The predicted octanol–water partition coefficient (Wildman–Crippen LogP) is 0.991. The molecule has 0 fully saturated rings. The van der Waals surface area contributed by atoms with Crippen molar-refractivity contribution in [1.29, 1.82) is 0 Å². The van der Waals surface area contributed by atoms with Crippen LogP contribution in [0.5, 0.6) is 0 Å². The number of nitrogens with one attached hydrogen (secondary N) is 1. The molecule has 0 aromatic heterocycles. The average molecular weight is 259 g/mol. The number of carbonyl (C=O) groups excluding carboxylic acids is 2. The molecule has 0 radical (unpaired) electrons. The second-order valence-electron chi connectivity index (χ2n) is 4.61. The van der Waals surface area contributed by atoms with Crippen molar-refractivity contribution in [2.24, 2.45) is 0 Å². The molecule has 1 amide bonds. The van der Waals surface area contributed by atoms with Crippen molar-refractivity contribution >= 4 is 12.1 Å². The molecule has 0 heterocycles. The lowest BCUT2D eigenvalue weighted by Gasteiger charge is -2.22. The topological polar surface area (TPSA) is 84.9 Å². The van der Waals surface area contributed by atoms with Crippen LogP contribution >= 0.6 is 0 Å². The molecule has 0 aromatic carbocycles. The Labute approximate surface area is 107 Å². The quantitative estimate of drug-likeness (QED) is 0.549. The molecule has 0 rings (SSSR count). The molecule has 104 valence electrons. The summed E-state index contributed by atoms with van der Waals surface area (Å²) in [5.74, 6) is -0.630. The van der Waals surface area contributed by atoms with Crippen LogP contribution < -0.4 is 5.32 Å². The van der Waals surface area contributed by atoms with Crippen LogP contribution in [0.4, 0.5) is 4.79 Å². The number of amides is 1. The third-order valence-corrected chi connectivity index (χ3v) is 1.71. The van der Waals surface area contributed by atoms with E-state index in [4.69, 9.17) is 14.6 Å². The molecule has 0 aromatic rings. The van der Waals surface area contributed by atoms with Crippen molar-refractivity contribution in [3.63, 3.8) is 0 Å². The molecule has 18 heavy (non-hydrogen) atoms. The Bertz CT molecular complexity index is 295. The van der Waals surface area contributed by atoms with Gasteiger partial charge in [0.25, 0.3) is 0 Å². The van der Waals surface area contributed by atoms with Gasteiger partial charge in [-0.15, -0.1) is 6.58 Å². The van der Waals surface area contributed by atoms with Crippen molar-refractivity contribution in [3.8, 4) is 0 Å². The van der Waals surface area contributed by atoms with Gasteiger partial charge in [-0.3, -0.25) is 0 Å². The van der Waals surface area contributed by atoms with E-state index in [-0.39, 0.29) is 19.6 Å². The number of alkyl carbamates (subject to hydrolysis) is 1. The fourth-order valence-electron chi connectivity index (χ4n) is 1.08. The Morgan fingerprint density at radius 1 is 1.44 bits per heavy atom. The highest BCUT2D eigenvalue weighted by molar-refractivity contribution is 5.81. The van der Waals surface area contributed by atoms with Crippen LogP contribution in [0.1, 0.15) is 27.2 Å². The van der Waals surface area contributed by atoms with Crippen molar-refractivity contribution < 1.29 is 24.2 Å². The molecular formula is C12H21NO5. The van der Waals surface area contributed by atoms with Gasteiger partial charge in [0.05, 0.1) is 6.61 Å². The Kier molecular flexibility index (Phi) is 7.04. The average Bonchev–Trinajstić information content (AvgIpc) is 2.22. The molecule has 6 heteroatoms. The van der Waals surface area contributed by atoms with Gasteiger partial charge >= 0.3 is 12.1 Å². The monoisotopic (exact) mass is 259 g/mol. The molecule has 1 atom stereocenters. The van der Waals surface area contributed by atoms with E-state index in [2.05, 4.69) is 11.9 Å². The molecule has 6 nitrogen and oxygen atoms in total. The van der Waals surface area contributed by atoms with Gasteiger partial charge in [0.15, 0.2) is 0 Å². The zero-order valence-corrected chi connectivity index (χ0v) is 11.1. The van der Waals surface area contributed by atoms with E-state index in [1.54, 1.807) is 20.8 Å². The summed E-state index contributed by atoms with van der Waals surface area (Å²) in [6.45, 7) is 8.29. The van der Waals surface area contributed by atoms with E-state index < -0.39 is 23.7 Å². The summed E-state index contributed by atoms with van der Waals surface area (Å²) in [7, 11) is 0. The van der Waals surface area contributed by atoms with E-state index >= 15 is 0 Å². The normalized spacial score (nSPS) is 12.4. The summed E-state index contributed by atoms with van der Waals surface area (Å²) in [6, 6.07) is -0.858. The van der Waals surface area contributed by atoms with E-state index in [9.17, 15) is 9.59 Å². The first-order valence-electron chi connectivity index (χ1n) is 5.68. The maximum Gasteiger partial charge on any atom is 0.408 e. The number of aliphatic hydroxyl groups excluding tert-OH is 1. The third-order valence-electron chi connectivity index (χ3n) is 1.71. The molecule has 0 bridgehead atoms. The van der Waals surface area contributed by atoms with Crippen molar-refractivity contribution in [1.82, 2.24) is 5.32 Å². The summed E-state index contributed by atoms with van der Waals surface area (Å²) in [5.41, 5.74) is -0.641. The lowest BCUT2D eigenvalue weighted by atomic mass is 10.2. The van der Waals surface area contributed by atoms with Crippen LogP contribution in [0.15, 0.2) is 12.7 Å². The predicted molar refractivity (Wildman–Crippen MR) is 66.0 cm³/mol. The molecular weight excluding hydrogens is 238 g/mol. The van der Waals surface area contributed by atoms with Crippen molar-refractivity contribution in [3.05, 3.63) is 12.7 Å². The zero-order valence-electron chi connectivity index (χ0n) is 11.1. The summed E-state index contributed by atoms with van der Waals surface area (Å²) < 4.78 is 9.76. The van der Waals surface area contributed by atoms with Gasteiger partial charge in [-0.05, 0) is 27.2 Å². The Morgan fingerprint density at radius 2 is 2.06 bits per heavy atom. The number of hydrogen-bond donors (Lipinski definition) is 2. The van der Waals surface area contributed by atoms with Crippen molar-refractivity contribution in [2.75, 3.05) is 13.2 Å². The van der Waals surface area contributed by atoms with E-state index in [1.165, 1.54) is 6.08 Å². The van der Waals surface area contributed by atoms with E-state index in [0.29, 0.717) is 0 Å². The van der Waals surface area contributed by atoms with Gasteiger partial charge in [0, 0.05) is 0 Å². The smallest absolute Gasteiger partial charge is 0.408 e. The van der Waals surface area contributed by atoms with Crippen LogP contribution in [0.3, 0.4) is 0 Å². The number of esters is 1. The first kappa shape index (κ1) is 16.4. The zero-order chi connectivity index (χ0) is 14.2. The fraction of sp³-hybridized carbons (Fsp3) is 0.667. The van der Waals surface area contributed by atoms with Gasteiger partial charge in [-0.25, -0.2) is 9.59 Å². The molecule has 0 saturated heterocycles. The summed E-state index contributed by atoms with van der Waals surface area (Å²) >= 11 is 0. The maximum absolute atomic E-state index is 11.5. The number of aliphatic hydroxyl groups is 1.